The van der Waals surface area contributed by atoms with Gasteiger partial charge in [0.05, 0.1) is 11.8 Å². The fourth-order valence-corrected chi connectivity index (χ4v) is 3.76. The van der Waals surface area contributed by atoms with E-state index in [9.17, 15) is 4.79 Å². The largest absolute Gasteiger partial charge is 0.342 e. The van der Waals surface area contributed by atoms with E-state index in [0.29, 0.717) is 5.56 Å². The van der Waals surface area contributed by atoms with E-state index in [1.807, 2.05) is 48.7 Å². The molecule has 2 heterocycles. The van der Waals surface area contributed by atoms with Crippen molar-refractivity contribution < 1.29 is 4.79 Å². The molecule has 0 saturated heterocycles. The number of hydrogen-bond acceptors (Lipinski definition) is 3. The normalized spacial score (nSPS) is 11.3. The van der Waals surface area contributed by atoms with Crippen LogP contribution in [0.1, 0.15) is 26.4 Å². The van der Waals surface area contributed by atoms with E-state index in [1.165, 1.54) is 5.56 Å². The van der Waals surface area contributed by atoms with E-state index in [4.69, 9.17) is 0 Å². The SMILES string of the molecule is Cc1cc(C(=O)N/N=C/c2cn(Cc3ccccc3)c3ccccc23)cs1. The zero-order chi connectivity index (χ0) is 18.6. The Labute approximate surface area is 161 Å². The molecule has 4 nitrogen and oxygen atoms in total. The smallest absolute Gasteiger partial charge is 0.272 e. The van der Waals surface area contributed by atoms with E-state index in [2.05, 4.69) is 45.6 Å². The fourth-order valence-electron chi connectivity index (χ4n) is 3.08. The van der Waals surface area contributed by atoms with Crippen LogP contribution in [0.2, 0.25) is 0 Å². The van der Waals surface area contributed by atoms with Crippen molar-refractivity contribution in [3.63, 3.8) is 0 Å². The minimum Gasteiger partial charge on any atom is -0.342 e. The highest BCUT2D eigenvalue weighted by Gasteiger charge is 2.08. The van der Waals surface area contributed by atoms with Gasteiger partial charge >= 0.3 is 0 Å². The van der Waals surface area contributed by atoms with Crippen molar-refractivity contribution in [1.29, 1.82) is 0 Å². The quantitative estimate of drug-likeness (QED) is 0.395. The Bertz CT molecular complexity index is 1110. The highest BCUT2D eigenvalue weighted by Crippen LogP contribution is 2.21. The van der Waals surface area contributed by atoms with Crippen molar-refractivity contribution >= 4 is 34.4 Å². The topological polar surface area (TPSA) is 46.4 Å². The summed E-state index contributed by atoms with van der Waals surface area (Å²) in [5.41, 5.74) is 6.61. The summed E-state index contributed by atoms with van der Waals surface area (Å²) >= 11 is 1.55. The van der Waals surface area contributed by atoms with Gasteiger partial charge in [0, 0.05) is 39.5 Å². The lowest BCUT2D eigenvalue weighted by Crippen LogP contribution is -2.16. The highest BCUT2D eigenvalue weighted by molar-refractivity contribution is 7.10. The van der Waals surface area contributed by atoms with Gasteiger partial charge in [-0.05, 0) is 24.6 Å². The standard InChI is InChI=1S/C22H19N3OS/c1-16-11-18(15-27-16)22(26)24-23-12-19-14-25(13-17-7-3-2-4-8-17)21-10-6-5-9-20(19)21/h2-12,14-15H,13H2,1H3,(H,24,26)/b23-12+. The fraction of sp³-hybridized carbons (Fsp3) is 0.0909. The van der Waals surface area contributed by atoms with Crippen LogP contribution < -0.4 is 5.43 Å². The van der Waals surface area contributed by atoms with Crippen molar-refractivity contribution in [2.24, 2.45) is 5.10 Å². The van der Waals surface area contributed by atoms with E-state index in [-0.39, 0.29) is 5.91 Å². The number of rotatable bonds is 5. The third-order valence-corrected chi connectivity index (χ3v) is 5.24. The first-order chi connectivity index (χ1) is 13.2. The summed E-state index contributed by atoms with van der Waals surface area (Å²) in [7, 11) is 0. The number of amides is 1. The Balaban J connectivity index is 1.57. The Morgan fingerprint density at radius 3 is 2.70 bits per heavy atom. The van der Waals surface area contributed by atoms with Crippen LogP contribution in [0.5, 0.6) is 0 Å². The molecular formula is C22H19N3OS. The molecule has 0 fully saturated rings. The van der Waals surface area contributed by atoms with Crippen LogP contribution in [-0.2, 0) is 6.54 Å². The number of aryl methyl sites for hydroxylation is 1. The number of aromatic nitrogens is 1. The molecule has 5 heteroatoms. The predicted octanol–water partition coefficient (Wildman–Crippen LogP) is 4.82. The maximum absolute atomic E-state index is 12.1. The zero-order valence-electron chi connectivity index (χ0n) is 14.9. The maximum Gasteiger partial charge on any atom is 0.272 e. The zero-order valence-corrected chi connectivity index (χ0v) is 15.7. The van der Waals surface area contributed by atoms with Gasteiger partial charge < -0.3 is 4.57 Å². The Morgan fingerprint density at radius 2 is 1.93 bits per heavy atom. The molecule has 0 atom stereocenters. The molecule has 0 aliphatic heterocycles. The van der Waals surface area contributed by atoms with Crippen molar-refractivity contribution in [2.75, 3.05) is 0 Å². The van der Waals surface area contributed by atoms with E-state index in [1.54, 1.807) is 17.6 Å². The van der Waals surface area contributed by atoms with Crippen LogP contribution in [0.15, 0.2) is 77.3 Å². The summed E-state index contributed by atoms with van der Waals surface area (Å²) in [5, 5.41) is 7.11. The number of hydrogen-bond donors (Lipinski definition) is 1. The van der Waals surface area contributed by atoms with Gasteiger partial charge in [0.25, 0.3) is 5.91 Å². The lowest BCUT2D eigenvalue weighted by atomic mass is 10.2. The second-order valence-corrected chi connectivity index (χ2v) is 7.48. The lowest BCUT2D eigenvalue weighted by Gasteiger charge is -2.05. The first-order valence-electron chi connectivity index (χ1n) is 8.71. The van der Waals surface area contributed by atoms with Gasteiger partial charge in [0.2, 0.25) is 0 Å². The average molecular weight is 373 g/mol. The van der Waals surface area contributed by atoms with Gasteiger partial charge in [-0.1, -0.05) is 48.5 Å². The van der Waals surface area contributed by atoms with Crippen LogP contribution in [0.4, 0.5) is 0 Å². The van der Waals surface area contributed by atoms with E-state index >= 15 is 0 Å². The van der Waals surface area contributed by atoms with Gasteiger partial charge in [-0.2, -0.15) is 5.10 Å². The number of carbonyl (C=O) groups is 1. The molecule has 2 aromatic heterocycles. The molecule has 0 aliphatic carbocycles. The molecule has 0 spiro atoms. The van der Waals surface area contributed by atoms with Crippen molar-refractivity contribution in [2.45, 2.75) is 13.5 Å². The molecular weight excluding hydrogens is 354 g/mol. The lowest BCUT2D eigenvalue weighted by molar-refractivity contribution is 0.0955. The first kappa shape index (κ1) is 17.2. The van der Waals surface area contributed by atoms with Crippen molar-refractivity contribution in [3.8, 4) is 0 Å². The number of nitrogens with one attached hydrogen (secondary N) is 1. The van der Waals surface area contributed by atoms with Gasteiger partial charge in [-0.3, -0.25) is 4.79 Å². The third kappa shape index (κ3) is 3.83. The van der Waals surface area contributed by atoms with Crippen molar-refractivity contribution in [3.05, 3.63) is 93.8 Å². The molecule has 0 aliphatic rings. The number of nitrogens with zero attached hydrogens (tertiary/aromatic N) is 2. The van der Waals surface area contributed by atoms with E-state index < -0.39 is 0 Å². The molecule has 2 aromatic carbocycles. The summed E-state index contributed by atoms with van der Waals surface area (Å²) in [4.78, 5) is 13.2. The van der Waals surface area contributed by atoms with Crippen LogP contribution in [0.3, 0.4) is 0 Å². The van der Waals surface area contributed by atoms with Gasteiger partial charge in [0.1, 0.15) is 0 Å². The molecule has 0 saturated carbocycles. The monoisotopic (exact) mass is 373 g/mol. The minimum atomic E-state index is -0.191. The van der Waals surface area contributed by atoms with E-state index in [0.717, 1.165) is 27.9 Å². The molecule has 0 bridgehead atoms. The maximum atomic E-state index is 12.1. The molecule has 0 unspecified atom stereocenters. The molecule has 1 amide bonds. The first-order valence-corrected chi connectivity index (χ1v) is 9.59. The van der Waals surface area contributed by atoms with Gasteiger partial charge in [0.15, 0.2) is 0 Å². The Kier molecular flexibility index (Phi) is 4.85. The Hall–Kier alpha value is -3.18. The number of carbonyl (C=O) groups excluding carboxylic acids is 1. The molecule has 1 N–H and O–H groups in total. The van der Waals surface area contributed by atoms with Crippen LogP contribution >= 0.6 is 11.3 Å². The second-order valence-electron chi connectivity index (χ2n) is 6.36. The molecule has 4 rings (SSSR count). The summed E-state index contributed by atoms with van der Waals surface area (Å²) in [6.07, 6.45) is 3.78. The summed E-state index contributed by atoms with van der Waals surface area (Å²) < 4.78 is 2.20. The molecule has 0 radical (unpaired) electrons. The number of para-hydroxylation sites is 1. The molecule has 4 aromatic rings. The number of fused-ring (bicyclic) bond motifs is 1. The number of thiophene rings is 1. The second kappa shape index (κ2) is 7.60. The van der Waals surface area contributed by atoms with Crippen LogP contribution in [-0.4, -0.2) is 16.7 Å². The number of benzene rings is 2. The van der Waals surface area contributed by atoms with Crippen LogP contribution in [0.25, 0.3) is 10.9 Å². The third-order valence-electron chi connectivity index (χ3n) is 4.38. The summed E-state index contributed by atoms with van der Waals surface area (Å²) in [6, 6.07) is 20.4. The van der Waals surface area contributed by atoms with Crippen LogP contribution in [0, 0.1) is 6.92 Å². The highest BCUT2D eigenvalue weighted by atomic mass is 32.1. The molecule has 134 valence electrons. The number of hydrazone groups is 1. The minimum absolute atomic E-state index is 0.191. The molecule has 27 heavy (non-hydrogen) atoms. The summed E-state index contributed by atoms with van der Waals surface area (Å²) in [6.45, 7) is 2.77. The predicted molar refractivity (Wildman–Crippen MR) is 112 cm³/mol. The van der Waals surface area contributed by atoms with Gasteiger partial charge in [-0.15, -0.1) is 11.3 Å². The summed E-state index contributed by atoms with van der Waals surface area (Å²) in [5.74, 6) is -0.191. The average Bonchev–Trinajstić information content (AvgIpc) is 3.27. The Morgan fingerprint density at radius 1 is 1.15 bits per heavy atom. The van der Waals surface area contributed by atoms with Gasteiger partial charge in [-0.25, -0.2) is 5.43 Å². The van der Waals surface area contributed by atoms with Crippen molar-refractivity contribution in [1.82, 2.24) is 9.99 Å².